The van der Waals surface area contributed by atoms with Crippen LogP contribution in [0.4, 0.5) is 5.69 Å². The van der Waals surface area contributed by atoms with E-state index in [0.717, 1.165) is 12.5 Å². The minimum atomic E-state index is -3.84. The average molecular weight is 392 g/mol. The smallest absolute Gasteiger partial charge is 0.275 e. The van der Waals surface area contributed by atoms with E-state index in [4.69, 9.17) is 22.1 Å². The molecule has 1 heterocycles. The molecule has 0 saturated carbocycles. The van der Waals surface area contributed by atoms with Crippen LogP contribution in [0.25, 0.3) is 0 Å². The lowest BCUT2D eigenvalue weighted by atomic mass is 10.1. The highest BCUT2D eigenvalue weighted by atomic mass is 35.5. The summed E-state index contributed by atoms with van der Waals surface area (Å²) < 4.78 is 32.5. The van der Waals surface area contributed by atoms with Gasteiger partial charge in [-0.2, -0.15) is 4.31 Å². The van der Waals surface area contributed by atoms with Gasteiger partial charge in [0.15, 0.2) is 0 Å². The van der Waals surface area contributed by atoms with E-state index in [2.05, 4.69) is 0 Å². The van der Waals surface area contributed by atoms with E-state index in [1.807, 2.05) is 0 Å². The van der Waals surface area contributed by atoms with E-state index < -0.39 is 14.9 Å². The van der Waals surface area contributed by atoms with Crippen molar-refractivity contribution >= 4 is 27.3 Å². The quantitative estimate of drug-likeness (QED) is 0.432. The van der Waals surface area contributed by atoms with Crippen LogP contribution in [-0.4, -0.2) is 50.0 Å². The number of nitrogens with zero attached hydrogens (tertiary/aromatic N) is 2. The van der Waals surface area contributed by atoms with Crippen molar-refractivity contribution in [2.75, 3.05) is 26.2 Å². The third-order valence-corrected chi connectivity index (χ3v) is 6.50. The second-order valence-electron chi connectivity index (χ2n) is 5.92. The minimum Gasteiger partial charge on any atom is -0.378 e. The van der Waals surface area contributed by atoms with Gasteiger partial charge in [0.1, 0.15) is 0 Å². The van der Waals surface area contributed by atoms with Gasteiger partial charge in [-0.15, -0.1) is 0 Å². The number of halogens is 1. The van der Waals surface area contributed by atoms with E-state index >= 15 is 0 Å². The first-order valence-corrected chi connectivity index (χ1v) is 9.85. The predicted octanol–water partition coefficient (Wildman–Crippen LogP) is 2.08. The minimum absolute atomic E-state index is 0.00828. The molecule has 1 aliphatic rings. The van der Waals surface area contributed by atoms with Crippen molar-refractivity contribution in [3.63, 3.8) is 0 Å². The average Bonchev–Trinajstić information content (AvgIpc) is 2.57. The highest BCUT2D eigenvalue weighted by Crippen LogP contribution is 2.31. The molecule has 1 fully saturated rings. The highest BCUT2D eigenvalue weighted by molar-refractivity contribution is 7.89. The zero-order chi connectivity index (χ0) is 18.6. The third-order valence-electron chi connectivity index (χ3n) is 4.23. The summed E-state index contributed by atoms with van der Waals surface area (Å²) in [5.41, 5.74) is 5.37. The Morgan fingerprint density at radius 2 is 2.04 bits per heavy atom. The van der Waals surface area contributed by atoms with Crippen LogP contribution >= 0.6 is 11.6 Å². The van der Waals surface area contributed by atoms with Gasteiger partial charge in [0.25, 0.3) is 5.69 Å². The van der Waals surface area contributed by atoms with Gasteiger partial charge in [0.05, 0.1) is 20.9 Å². The monoisotopic (exact) mass is 391 g/mol. The maximum absolute atomic E-state index is 12.8. The van der Waals surface area contributed by atoms with Gasteiger partial charge in [-0.25, -0.2) is 8.42 Å². The standard InChI is InChI=1S/C15H22ClN3O5S/c1-11-14(16)9-13(10-15(11)19(20)21)25(22,23)18-6-3-12(4-7-18)24-8-2-5-17/h9-10,12H,2-8,17H2,1H3. The molecule has 0 radical (unpaired) electrons. The number of nitro groups is 1. The number of sulfonamides is 1. The van der Waals surface area contributed by atoms with E-state index in [1.165, 1.54) is 17.3 Å². The van der Waals surface area contributed by atoms with Crippen LogP contribution in [0, 0.1) is 17.0 Å². The normalized spacial score (nSPS) is 16.9. The van der Waals surface area contributed by atoms with Crippen molar-refractivity contribution in [1.29, 1.82) is 0 Å². The van der Waals surface area contributed by atoms with Crippen LogP contribution in [0.15, 0.2) is 17.0 Å². The molecule has 0 aliphatic carbocycles. The Morgan fingerprint density at radius 1 is 1.40 bits per heavy atom. The van der Waals surface area contributed by atoms with Crippen LogP contribution in [0.2, 0.25) is 5.02 Å². The number of rotatable bonds is 7. The maximum atomic E-state index is 12.8. The summed E-state index contributed by atoms with van der Waals surface area (Å²) in [6.45, 7) is 3.21. The van der Waals surface area contributed by atoms with Crippen molar-refractivity contribution in [3.05, 3.63) is 32.8 Å². The number of piperidine rings is 1. The first kappa shape index (κ1) is 20.1. The Balaban J connectivity index is 2.14. The van der Waals surface area contributed by atoms with Gasteiger partial charge >= 0.3 is 0 Å². The van der Waals surface area contributed by atoms with E-state index in [1.54, 1.807) is 0 Å². The SMILES string of the molecule is Cc1c(Cl)cc(S(=O)(=O)N2CCC(OCCCN)CC2)cc1[N+](=O)[O-]. The van der Waals surface area contributed by atoms with Crippen LogP contribution < -0.4 is 5.73 Å². The van der Waals surface area contributed by atoms with Crippen molar-refractivity contribution < 1.29 is 18.1 Å². The van der Waals surface area contributed by atoms with Crippen molar-refractivity contribution in [3.8, 4) is 0 Å². The Morgan fingerprint density at radius 3 is 2.60 bits per heavy atom. The summed E-state index contributed by atoms with van der Waals surface area (Å²) in [5.74, 6) is 0. The second-order valence-corrected chi connectivity index (χ2v) is 8.27. The molecular weight excluding hydrogens is 370 g/mol. The Kier molecular flexibility index (Phi) is 6.75. The van der Waals surface area contributed by atoms with Crippen molar-refractivity contribution in [2.24, 2.45) is 5.73 Å². The first-order chi connectivity index (χ1) is 11.8. The van der Waals surface area contributed by atoms with Gasteiger partial charge in [-0.3, -0.25) is 10.1 Å². The summed E-state index contributed by atoms with van der Waals surface area (Å²) in [6, 6.07) is 2.34. The fraction of sp³-hybridized carbons (Fsp3) is 0.600. The van der Waals surface area contributed by atoms with Crippen LogP contribution in [0.3, 0.4) is 0 Å². The molecule has 0 aromatic heterocycles. The number of benzene rings is 1. The molecule has 2 rings (SSSR count). The van der Waals surface area contributed by atoms with Crippen LogP contribution in [0.1, 0.15) is 24.8 Å². The van der Waals surface area contributed by atoms with E-state index in [0.29, 0.717) is 39.1 Å². The fourth-order valence-electron chi connectivity index (χ4n) is 2.70. The van der Waals surface area contributed by atoms with Gasteiger partial charge in [-0.1, -0.05) is 11.6 Å². The Hall–Kier alpha value is -1.26. The molecule has 8 nitrogen and oxygen atoms in total. The fourth-order valence-corrected chi connectivity index (χ4v) is 4.50. The summed E-state index contributed by atoms with van der Waals surface area (Å²) >= 11 is 5.98. The molecule has 0 atom stereocenters. The molecule has 1 aliphatic heterocycles. The molecule has 2 N–H and O–H groups in total. The molecule has 0 unspecified atom stereocenters. The van der Waals surface area contributed by atoms with Crippen LogP contribution in [0.5, 0.6) is 0 Å². The Labute approximate surface area is 152 Å². The lowest BCUT2D eigenvalue weighted by Gasteiger charge is -2.31. The van der Waals surface area contributed by atoms with E-state index in [9.17, 15) is 18.5 Å². The van der Waals surface area contributed by atoms with Gasteiger partial charge < -0.3 is 10.5 Å². The number of hydrogen-bond donors (Lipinski definition) is 1. The Bertz CT molecular complexity index is 733. The molecule has 1 aromatic rings. The van der Waals surface area contributed by atoms with E-state index in [-0.39, 0.29) is 27.3 Å². The van der Waals surface area contributed by atoms with Crippen molar-refractivity contribution in [2.45, 2.75) is 37.2 Å². The molecule has 1 aromatic carbocycles. The van der Waals surface area contributed by atoms with Gasteiger partial charge in [0, 0.05) is 31.3 Å². The first-order valence-electron chi connectivity index (χ1n) is 8.03. The second kappa shape index (κ2) is 8.41. The predicted molar refractivity (Wildman–Crippen MR) is 94.2 cm³/mol. The largest absolute Gasteiger partial charge is 0.378 e. The molecule has 140 valence electrons. The zero-order valence-corrected chi connectivity index (χ0v) is 15.6. The van der Waals surface area contributed by atoms with Crippen molar-refractivity contribution in [1.82, 2.24) is 4.31 Å². The molecule has 0 spiro atoms. The van der Waals surface area contributed by atoms with Gasteiger partial charge in [-0.05, 0) is 38.8 Å². The molecule has 0 bridgehead atoms. The number of hydrogen-bond acceptors (Lipinski definition) is 6. The zero-order valence-electron chi connectivity index (χ0n) is 14.0. The summed E-state index contributed by atoms with van der Waals surface area (Å²) in [5, 5.41) is 11.2. The molecule has 0 amide bonds. The van der Waals surface area contributed by atoms with Crippen LogP contribution in [-0.2, 0) is 14.8 Å². The number of nitro benzene ring substituents is 1. The highest BCUT2D eigenvalue weighted by Gasteiger charge is 2.31. The molecule has 25 heavy (non-hydrogen) atoms. The summed E-state index contributed by atoms with van der Waals surface area (Å²) in [6.07, 6.45) is 1.93. The van der Waals surface area contributed by atoms with Gasteiger partial charge in [0.2, 0.25) is 10.0 Å². The maximum Gasteiger partial charge on any atom is 0.275 e. The summed E-state index contributed by atoms with van der Waals surface area (Å²) in [7, 11) is -3.84. The number of nitrogens with two attached hydrogens (primary N) is 1. The third kappa shape index (κ3) is 4.68. The summed E-state index contributed by atoms with van der Waals surface area (Å²) in [4.78, 5) is 10.3. The molecular formula is C15H22ClN3O5S. The lowest BCUT2D eigenvalue weighted by molar-refractivity contribution is -0.385. The molecule has 10 heteroatoms. The number of ether oxygens (including phenoxy) is 1. The molecule has 1 saturated heterocycles. The lowest BCUT2D eigenvalue weighted by Crippen LogP contribution is -2.41. The topological polar surface area (TPSA) is 116 Å².